The molecule has 7 nitrogen and oxygen atoms in total. The minimum absolute atomic E-state index is 0.0666. The highest BCUT2D eigenvalue weighted by Crippen LogP contribution is 2.35. The average Bonchev–Trinajstić information content (AvgIpc) is 2.68. The van der Waals surface area contributed by atoms with Gasteiger partial charge in [0.1, 0.15) is 11.5 Å². The number of sulfonamides is 1. The summed E-state index contributed by atoms with van der Waals surface area (Å²) in [4.78, 5) is 12.8. The van der Waals surface area contributed by atoms with Crippen LogP contribution in [0.25, 0.3) is 0 Å². The van der Waals surface area contributed by atoms with E-state index in [4.69, 9.17) is 9.47 Å². The molecule has 0 aromatic heterocycles. The smallest absolute Gasteiger partial charge is 0.267 e. The molecule has 1 amide bonds. The normalized spacial score (nSPS) is 16.2. The lowest BCUT2D eigenvalue weighted by Crippen LogP contribution is -2.49. The molecule has 27 heavy (non-hydrogen) atoms. The zero-order chi connectivity index (χ0) is 19.4. The van der Waals surface area contributed by atoms with E-state index in [0.717, 1.165) is 0 Å². The molecule has 0 saturated heterocycles. The minimum atomic E-state index is -3.54. The number of hydrogen-bond acceptors (Lipinski definition) is 5. The van der Waals surface area contributed by atoms with E-state index in [9.17, 15) is 13.2 Å². The number of nitrogens with zero attached hydrogens (tertiary/aromatic N) is 1. The van der Waals surface area contributed by atoms with E-state index < -0.39 is 22.0 Å². The van der Waals surface area contributed by atoms with Crippen molar-refractivity contribution in [3.8, 4) is 11.5 Å². The molecular formula is C19H22N2O5S. The van der Waals surface area contributed by atoms with Crippen molar-refractivity contribution in [2.75, 3.05) is 28.5 Å². The largest absolute Gasteiger partial charge is 0.492 e. The molecule has 0 bridgehead atoms. The number of para-hydroxylation sites is 4. The Morgan fingerprint density at radius 1 is 1.19 bits per heavy atom. The Balaban J connectivity index is 1.87. The summed E-state index contributed by atoms with van der Waals surface area (Å²) in [6.07, 6.45) is -0.976. The summed E-state index contributed by atoms with van der Waals surface area (Å²) in [6.45, 7) is 3.80. The van der Waals surface area contributed by atoms with Gasteiger partial charge in [0, 0.05) is 0 Å². The monoisotopic (exact) mass is 390 g/mol. The summed E-state index contributed by atoms with van der Waals surface area (Å²) < 4.78 is 37.5. The molecule has 8 heteroatoms. The fourth-order valence-electron chi connectivity index (χ4n) is 2.82. The lowest BCUT2D eigenvalue weighted by molar-refractivity contribution is -0.122. The van der Waals surface area contributed by atoms with Crippen LogP contribution in [0.15, 0.2) is 48.5 Å². The van der Waals surface area contributed by atoms with E-state index in [2.05, 4.69) is 5.32 Å². The predicted octanol–water partition coefficient (Wildman–Crippen LogP) is 2.64. The quantitative estimate of drug-likeness (QED) is 0.820. The van der Waals surface area contributed by atoms with Gasteiger partial charge >= 0.3 is 0 Å². The molecule has 0 aliphatic carbocycles. The Bertz CT molecular complexity index is 929. The van der Waals surface area contributed by atoms with E-state index in [-0.39, 0.29) is 12.3 Å². The van der Waals surface area contributed by atoms with Gasteiger partial charge in [0.2, 0.25) is 10.0 Å². The Kier molecular flexibility index (Phi) is 5.55. The fourth-order valence-corrected chi connectivity index (χ4v) is 3.95. The molecule has 3 rings (SSSR count). The summed E-state index contributed by atoms with van der Waals surface area (Å²) in [7, 11) is -3.54. The molecule has 1 N–H and O–H groups in total. The molecule has 2 aromatic carbocycles. The van der Waals surface area contributed by atoms with E-state index >= 15 is 0 Å². The second-order valence-electron chi connectivity index (χ2n) is 5.92. The van der Waals surface area contributed by atoms with Crippen molar-refractivity contribution >= 4 is 27.3 Å². The summed E-state index contributed by atoms with van der Waals surface area (Å²) in [5.74, 6) is 0.401. The van der Waals surface area contributed by atoms with Crippen LogP contribution in [0.4, 0.5) is 11.4 Å². The number of amides is 1. The van der Waals surface area contributed by atoms with Gasteiger partial charge in [-0.3, -0.25) is 9.10 Å². The number of carbonyl (C=O) groups is 1. The molecule has 1 aliphatic rings. The highest BCUT2D eigenvalue weighted by Gasteiger charge is 2.36. The van der Waals surface area contributed by atoms with Crippen LogP contribution in [0.2, 0.25) is 0 Å². The summed E-state index contributed by atoms with van der Waals surface area (Å²) in [5, 5.41) is 2.78. The third kappa shape index (κ3) is 4.00. The molecule has 1 aliphatic heterocycles. The summed E-state index contributed by atoms with van der Waals surface area (Å²) >= 11 is 0. The van der Waals surface area contributed by atoms with Gasteiger partial charge in [0.25, 0.3) is 5.91 Å². The molecule has 1 atom stereocenters. The van der Waals surface area contributed by atoms with Crippen molar-refractivity contribution in [1.29, 1.82) is 0 Å². The number of anilines is 2. The van der Waals surface area contributed by atoms with Gasteiger partial charge in [-0.15, -0.1) is 0 Å². The highest BCUT2D eigenvalue weighted by molar-refractivity contribution is 7.92. The molecular weight excluding hydrogens is 368 g/mol. The standard InChI is InChI=1S/C19H22N2O5S/c1-3-25-16-11-7-5-9-14(16)20-19(22)18-13-21(27(23,24)4-2)15-10-6-8-12-17(15)26-18/h5-12,18H,3-4,13H2,1-2H3,(H,20,22)/t18-/m0/s1. The first-order chi connectivity index (χ1) is 13.0. The molecule has 0 spiro atoms. The van der Waals surface area contributed by atoms with Gasteiger partial charge in [0.05, 0.1) is 30.3 Å². The zero-order valence-electron chi connectivity index (χ0n) is 15.2. The number of carbonyl (C=O) groups excluding carboxylic acids is 1. The number of ether oxygens (including phenoxy) is 2. The molecule has 144 valence electrons. The van der Waals surface area contributed by atoms with Gasteiger partial charge in [-0.25, -0.2) is 8.42 Å². The van der Waals surface area contributed by atoms with Crippen molar-refractivity contribution in [3.63, 3.8) is 0 Å². The van der Waals surface area contributed by atoms with Crippen LogP contribution in [-0.4, -0.2) is 39.3 Å². The van der Waals surface area contributed by atoms with Crippen LogP contribution in [0, 0.1) is 0 Å². The van der Waals surface area contributed by atoms with Gasteiger partial charge in [-0.2, -0.15) is 0 Å². The number of benzene rings is 2. The summed E-state index contributed by atoms with van der Waals surface area (Å²) in [6, 6.07) is 13.9. The van der Waals surface area contributed by atoms with E-state index in [1.54, 1.807) is 49.4 Å². The van der Waals surface area contributed by atoms with Gasteiger partial charge in [-0.05, 0) is 38.1 Å². The first kappa shape index (κ1) is 19.0. The molecule has 1 heterocycles. The predicted molar refractivity (Wildman–Crippen MR) is 104 cm³/mol. The Morgan fingerprint density at radius 2 is 1.89 bits per heavy atom. The van der Waals surface area contributed by atoms with Crippen LogP contribution in [0.5, 0.6) is 11.5 Å². The zero-order valence-corrected chi connectivity index (χ0v) is 16.0. The molecule has 0 saturated carbocycles. The number of nitrogens with one attached hydrogen (secondary N) is 1. The maximum Gasteiger partial charge on any atom is 0.267 e. The van der Waals surface area contributed by atoms with Crippen LogP contribution in [0.1, 0.15) is 13.8 Å². The maximum atomic E-state index is 12.8. The van der Waals surface area contributed by atoms with Gasteiger partial charge < -0.3 is 14.8 Å². The molecule has 2 aromatic rings. The third-order valence-corrected chi connectivity index (χ3v) is 5.92. The highest BCUT2D eigenvalue weighted by atomic mass is 32.2. The Labute approximate surface area is 158 Å². The second kappa shape index (κ2) is 7.87. The van der Waals surface area contributed by atoms with E-state index in [1.165, 1.54) is 4.31 Å². The van der Waals surface area contributed by atoms with E-state index in [1.807, 2.05) is 13.0 Å². The van der Waals surface area contributed by atoms with Crippen molar-refractivity contribution in [1.82, 2.24) is 0 Å². The fraction of sp³-hybridized carbons (Fsp3) is 0.316. The van der Waals surface area contributed by atoms with Crippen LogP contribution in [0.3, 0.4) is 0 Å². The molecule has 0 radical (unpaired) electrons. The third-order valence-electron chi connectivity index (χ3n) is 4.17. The Morgan fingerprint density at radius 3 is 2.63 bits per heavy atom. The van der Waals surface area contributed by atoms with Gasteiger partial charge in [-0.1, -0.05) is 24.3 Å². The maximum absolute atomic E-state index is 12.8. The SMILES string of the molecule is CCOc1ccccc1NC(=O)[C@@H]1CN(S(=O)(=O)CC)c2ccccc2O1. The first-order valence-corrected chi connectivity index (χ1v) is 10.4. The minimum Gasteiger partial charge on any atom is -0.492 e. The van der Waals surface area contributed by atoms with Crippen molar-refractivity contribution in [2.24, 2.45) is 0 Å². The van der Waals surface area contributed by atoms with Crippen molar-refractivity contribution in [2.45, 2.75) is 20.0 Å². The summed E-state index contributed by atoms with van der Waals surface area (Å²) in [5.41, 5.74) is 0.954. The second-order valence-corrected chi connectivity index (χ2v) is 8.11. The Hall–Kier alpha value is -2.74. The van der Waals surface area contributed by atoms with Crippen LogP contribution >= 0.6 is 0 Å². The van der Waals surface area contributed by atoms with Crippen LogP contribution in [-0.2, 0) is 14.8 Å². The lowest BCUT2D eigenvalue weighted by Gasteiger charge is -2.34. The lowest BCUT2D eigenvalue weighted by atomic mass is 10.2. The number of hydrogen-bond donors (Lipinski definition) is 1. The van der Waals surface area contributed by atoms with E-state index in [0.29, 0.717) is 29.5 Å². The topological polar surface area (TPSA) is 84.9 Å². The average molecular weight is 390 g/mol. The molecule has 0 fully saturated rings. The van der Waals surface area contributed by atoms with Crippen molar-refractivity contribution < 1.29 is 22.7 Å². The van der Waals surface area contributed by atoms with Crippen LogP contribution < -0.4 is 19.1 Å². The molecule has 0 unspecified atom stereocenters. The number of fused-ring (bicyclic) bond motifs is 1. The number of rotatable bonds is 6. The first-order valence-electron chi connectivity index (χ1n) is 8.75. The van der Waals surface area contributed by atoms with Crippen molar-refractivity contribution in [3.05, 3.63) is 48.5 Å². The van der Waals surface area contributed by atoms with Gasteiger partial charge in [0.15, 0.2) is 6.10 Å².